The molecular formula is C13H27NO. The van der Waals surface area contributed by atoms with E-state index in [1.807, 2.05) is 0 Å². The van der Waals surface area contributed by atoms with Crippen molar-refractivity contribution in [2.75, 3.05) is 26.3 Å². The van der Waals surface area contributed by atoms with E-state index in [9.17, 15) is 0 Å². The van der Waals surface area contributed by atoms with Crippen LogP contribution in [0.15, 0.2) is 0 Å². The Hall–Kier alpha value is -0.0800. The molecule has 1 fully saturated rings. The number of nitrogens with one attached hydrogen (secondary N) is 1. The Morgan fingerprint density at radius 2 is 2.00 bits per heavy atom. The van der Waals surface area contributed by atoms with E-state index < -0.39 is 0 Å². The summed E-state index contributed by atoms with van der Waals surface area (Å²) in [7, 11) is 0. The number of unbranched alkanes of at least 4 members (excludes halogenated alkanes) is 1. The van der Waals surface area contributed by atoms with Gasteiger partial charge in [-0.05, 0) is 37.6 Å². The van der Waals surface area contributed by atoms with Crippen LogP contribution in [0, 0.1) is 5.41 Å². The molecule has 2 nitrogen and oxygen atoms in total. The summed E-state index contributed by atoms with van der Waals surface area (Å²) in [5.41, 5.74) is 0.586. The summed E-state index contributed by atoms with van der Waals surface area (Å²) < 4.78 is 5.66. The first kappa shape index (κ1) is 13.0. The molecule has 0 spiro atoms. The van der Waals surface area contributed by atoms with E-state index in [2.05, 4.69) is 19.2 Å². The Labute approximate surface area is 94.8 Å². The van der Waals surface area contributed by atoms with E-state index in [1.54, 1.807) is 0 Å². The molecule has 0 radical (unpaired) electrons. The van der Waals surface area contributed by atoms with Crippen molar-refractivity contribution >= 4 is 0 Å². The Balaban J connectivity index is 2.05. The minimum absolute atomic E-state index is 0.586. The summed E-state index contributed by atoms with van der Waals surface area (Å²) >= 11 is 0. The summed E-state index contributed by atoms with van der Waals surface area (Å²) in [6.07, 6.45) is 7.92. The van der Waals surface area contributed by atoms with Gasteiger partial charge in [0.15, 0.2) is 0 Å². The van der Waals surface area contributed by atoms with Crippen molar-refractivity contribution in [1.29, 1.82) is 0 Å². The maximum absolute atomic E-state index is 5.66. The second-order valence-electron chi connectivity index (χ2n) is 4.85. The lowest BCUT2D eigenvalue weighted by molar-refractivity contribution is 0.0489. The number of ether oxygens (including phenoxy) is 1. The van der Waals surface area contributed by atoms with Crippen LogP contribution < -0.4 is 5.32 Å². The topological polar surface area (TPSA) is 21.3 Å². The smallest absolute Gasteiger partial charge is 0.0471 e. The molecule has 1 aliphatic rings. The van der Waals surface area contributed by atoms with Crippen LogP contribution in [0.2, 0.25) is 0 Å². The molecule has 1 N–H and O–H groups in total. The molecule has 0 heterocycles. The zero-order valence-corrected chi connectivity index (χ0v) is 10.5. The molecule has 1 aliphatic carbocycles. The molecule has 0 atom stereocenters. The van der Waals surface area contributed by atoms with Crippen LogP contribution in [-0.4, -0.2) is 26.3 Å². The van der Waals surface area contributed by atoms with Crippen molar-refractivity contribution in [2.45, 2.75) is 52.4 Å². The quantitative estimate of drug-likeness (QED) is 0.595. The van der Waals surface area contributed by atoms with Crippen molar-refractivity contribution in [3.63, 3.8) is 0 Å². The Bertz CT molecular complexity index is 155. The van der Waals surface area contributed by atoms with Gasteiger partial charge in [0, 0.05) is 19.8 Å². The molecule has 1 saturated carbocycles. The van der Waals surface area contributed by atoms with Gasteiger partial charge in [0.1, 0.15) is 0 Å². The molecule has 1 rings (SSSR count). The highest BCUT2D eigenvalue weighted by Crippen LogP contribution is 2.43. The fraction of sp³-hybridized carbons (Fsp3) is 1.00. The lowest BCUT2D eigenvalue weighted by Gasteiger charge is -2.42. The Kier molecular flexibility index (Phi) is 6.26. The zero-order chi connectivity index (χ0) is 11.0. The summed E-state index contributed by atoms with van der Waals surface area (Å²) in [6, 6.07) is 0. The molecule has 0 saturated heterocycles. The van der Waals surface area contributed by atoms with Gasteiger partial charge in [0.25, 0.3) is 0 Å². The van der Waals surface area contributed by atoms with Crippen molar-refractivity contribution in [3.05, 3.63) is 0 Å². The average Bonchev–Trinajstić information content (AvgIpc) is 2.20. The molecule has 0 aliphatic heterocycles. The van der Waals surface area contributed by atoms with E-state index in [4.69, 9.17) is 4.74 Å². The Morgan fingerprint density at radius 3 is 2.53 bits per heavy atom. The average molecular weight is 213 g/mol. The maximum atomic E-state index is 5.66. The summed E-state index contributed by atoms with van der Waals surface area (Å²) in [5, 5.41) is 3.49. The summed E-state index contributed by atoms with van der Waals surface area (Å²) in [6.45, 7) is 8.60. The molecule has 15 heavy (non-hydrogen) atoms. The highest BCUT2D eigenvalue weighted by atomic mass is 16.5. The maximum Gasteiger partial charge on any atom is 0.0471 e. The van der Waals surface area contributed by atoms with Crippen LogP contribution >= 0.6 is 0 Å². The standard InChI is InChI=1S/C13H27NO/c1-3-5-10-15-11-9-13(7-6-8-13)12-14-4-2/h14H,3-12H2,1-2H3. The first-order chi connectivity index (χ1) is 7.33. The number of rotatable bonds is 9. The van der Waals surface area contributed by atoms with Gasteiger partial charge in [-0.3, -0.25) is 0 Å². The molecule has 90 valence electrons. The molecular weight excluding hydrogens is 186 g/mol. The third-order valence-corrected chi connectivity index (χ3v) is 3.58. The van der Waals surface area contributed by atoms with Gasteiger partial charge in [-0.15, -0.1) is 0 Å². The van der Waals surface area contributed by atoms with Crippen LogP contribution in [0.25, 0.3) is 0 Å². The highest BCUT2D eigenvalue weighted by molar-refractivity contribution is 4.89. The van der Waals surface area contributed by atoms with Crippen molar-refractivity contribution in [3.8, 4) is 0 Å². The lowest BCUT2D eigenvalue weighted by Crippen LogP contribution is -2.40. The van der Waals surface area contributed by atoms with Crippen molar-refractivity contribution in [2.24, 2.45) is 5.41 Å². The first-order valence-electron chi connectivity index (χ1n) is 6.61. The van der Waals surface area contributed by atoms with Crippen LogP contribution in [0.5, 0.6) is 0 Å². The van der Waals surface area contributed by atoms with Crippen LogP contribution in [0.4, 0.5) is 0 Å². The van der Waals surface area contributed by atoms with Gasteiger partial charge < -0.3 is 10.1 Å². The SMILES string of the molecule is CCCCOCCC1(CNCC)CCC1. The molecule has 2 heteroatoms. The number of hydrogen-bond acceptors (Lipinski definition) is 2. The van der Waals surface area contributed by atoms with Gasteiger partial charge >= 0.3 is 0 Å². The van der Waals surface area contributed by atoms with E-state index in [1.165, 1.54) is 45.1 Å². The van der Waals surface area contributed by atoms with E-state index in [-0.39, 0.29) is 0 Å². The third kappa shape index (κ3) is 4.52. The molecule has 0 bridgehead atoms. The summed E-state index contributed by atoms with van der Waals surface area (Å²) in [5.74, 6) is 0. The zero-order valence-electron chi connectivity index (χ0n) is 10.5. The Morgan fingerprint density at radius 1 is 1.20 bits per heavy atom. The molecule has 0 aromatic heterocycles. The largest absolute Gasteiger partial charge is 0.381 e. The highest BCUT2D eigenvalue weighted by Gasteiger charge is 2.35. The van der Waals surface area contributed by atoms with Gasteiger partial charge in [0.2, 0.25) is 0 Å². The predicted molar refractivity (Wildman–Crippen MR) is 65.2 cm³/mol. The second-order valence-corrected chi connectivity index (χ2v) is 4.85. The van der Waals surface area contributed by atoms with Gasteiger partial charge in [-0.2, -0.15) is 0 Å². The van der Waals surface area contributed by atoms with E-state index in [0.717, 1.165) is 19.8 Å². The third-order valence-electron chi connectivity index (χ3n) is 3.58. The summed E-state index contributed by atoms with van der Waals surface area (Å²) in [4.78, 5) is 0. The van der Waals surface area contributed by atoms with E-state index in [0.29, 0.717) is 5.41 Å². The first-order valence-corrected chi connectivity index (χ1v) is 6.61. The molecule has 0 aromatic carbocycles. The minimum Gasteiger partial charge on any atom is -0.381 e. The molecule has 0 aromatic rings. The lowest BCUT2D eigenvalue weighted by atomic mass is 9.67. The number of hydrogen-bond donors (Lipinski definition) is 1. The van der Waals surface area contributed by atoms with E-state index >= 15 is 0 Å². The van der Waals surface area contributed by atoms with Crippen LogP contribution in [0.1, 0.15) is 52.4 Å². The predicted octanol–water partition coefficient (Wildman–Crippen LogP) is 2.97. The van der Waals surface area contributed by atoms with Crippen molar-refractivity contribution < 1.29 is 4.74 Å². The fourth-order valence-electron chi connectivity index (χ4n) is 2.22. The monoisotopic (exact) mass is 213 g/mol. The fourth-order valence-corrected chi connectivity index (χ4v) is 2.22. The minimum atomic E-state index is 0.586. The van der Waals surface area contributed by atoms with Gasteiger partial charge in [-0.25, -0.2) is 0 Å². The second kappa shape index (κ2) is 7.24. The van der Waals surface area contributed by atoms with Crippen LogP contribution in [-0.2, 0) is 4.74 Å². The molecule has 0 amide bonds. The molecule has 0 unspecified atom stereocenters. The van der Waals surface area contributed by atoms with Gasteiger partial charge in [-0.1, -0.05) is 26.7 Å². The van der Waals surface area contributed by atoms with Crippen LogP contribution in [0.3, 0.4) is 0 Å². The normalized spacial score (nSPS) is 18.8. The van der Waals surface area contributed by atoms with Gasteiger partial charge in [0.05, 0.1) is 0 Å². The van der Waals surface area contributed by atoms with Crippen molar-refractivity contribution in [1.82, 2.24) is 5.32 Å².